The number of hydrogen-bond acceptors (Lipinski definition) is 3. The molecule has 0 aliphatic carbocycles. The lowest BCUT2D eigenvalue weighted by atomic mass is 10.1. The van der Waals surface area contributed by atoms with Crippen LogP contribution in [0.2, 0.25) is 10.0 Å². The van der Waals surface area contributed by atoms with Crippen LogP contribution >= 0.6 is 23.2 Å². The lowest BCUT2D eigenvalue weighted by molar-refractivity contribution is -0.133. The van der Waals surface area contributed by atoms with Crippen LogP contribution in [0.3, 0.4) is 0 Å². The van der Waals surface area contributed by atoms with Gasteiger partial charge in [0.15, 0.2) is 0 Å². The van der Waals surface area contributed by atoms with Crippen LogP contribution in [-0.2, 0) is 16.0 Å². The van der Waals surface area contributed by atoms with E-state index < -0.39 is 0 Å². The van der Waals surface area contributed by atoms with Gasteiger partial charge in [-0.3, -0.25) is 14.5 Å². The van der Waals surface area contributed by atoms with Crippen molar-refractivity contribution in [1.82, 2.24) is 15.1 Å². The first kappa shape index (κ1) is 21.0. The van der Waals surface area contributed by atoms with E-state index in [1.54, 1.807) is 6.07 Å². The summed E-state index contributed by atoms with van der Waals surface area (Å²) in [6.07, 6.45) is 1.91. The maximum Gasteiger partial charge on any atom is 0.234 e. The van der Waals surface area contributed by atoms with Gasteiger partial charge in [0, 0.05) is 38.6 Å². The van der Waals surface area contributed by atoms with Crippen molar-refractivity contribution in [3.05, 3.63) is 33.8 Å². The average molecular weight is 400 g/mol. The molecule has 1 saturated heterocycles. The van der Waals surface area contributed by atoms with Crippen LogP contribution in [0.1, 0.15) is 32.3 Å². The summed E-state index contributed by atoms with van der Waals surface area (Å²) in [5, 5.41) is 4.02. The Kier molecular flexibility index (Phi) is 8.19. The molecule has 0 saturated carbocycles. The second kappa shape index (κ2) is 10.1. The number of halogens is 2. The number of benzene rings is 1. The van der Waals surface area contributed by atoms with Crippen molar-refractivity contribution < 1.29 is 9.59 Å². The Bertz CT molecular complexity index is 631. The highest BCUT2D eigenvalue weighted by atomic mass is 35.5. The molecule has 7 heteroatoms. The van der Waals surface area contributed by atoms with Crippen molar-refractivity contribution in [3.63, 3.8) is 0 Å². The Labute approximate surface area is 165 Å². The van der Waals surface area contributed by atoms with E-state index in [9.17, 15) is 9.59 Å². The van der Waals surface area contributed by atoms with E-state index in [2.05, 4.69) is 10.2 Å². The molecule has 1 heterocycles. The highest BCUT2D eigenvalue weighted by molar-refractivity contribution is 6.42. The van der Waals surface area contributed by atoms with Crippen molar-refractivity contribution in [2.45, 2.75) is 39.2 Å². The Morgan fingerprint density at radius 3 is 2.54 bits per heavy atom. The van der Waals surface area contributed by atoms with Gasteiger partial charge in [0.2, 0.25) is 11.8 Å². The number of rotatable bonds is 7. The minimum Gasteiger partial charge on any atom is -0.353 e. The molecule has 1 aromatic rings. The predicted octanol–water partition coefficient (Wildman–Crippen LogP) is 2.98. The smallest absolute Gasteiger partial charge is 0.234 e. The van der Waals surface area contributed by atoms with Crippen LogP contribution in [0.15, 0.2) is 18.2 Å². The summed E-state index contributed by atoms with van der Waals surface area (Å²) in [6.45, 7) is 7.18. The van der Waals surface area contributed by atoms with Crippen LogP contribution in [0.5, 0.6) is 0 Å². The van der Waals surface area contributed by atoms with E-state index in [4.69, 9.17) is 23.2 Å². The first-order valence-corrected chi connectivity index (χ1v) is 9.88. The quantitative estimate of drug-likeness (QED) is 0.766. The van der Waals surface area contributed by atoms with Gasteiger partial charge < -0.3 is 10.2 Å². The Hall–Kier alpha value is -1.30. The van der Waals surface area contributed by atoms with Gasteiger partial charge in [-0.05, 0) is 31.4 Å². The van der Waals surface area contributed by atoms with Gasteiger partial charge in [-0.2, -0.15) is 0 Å². The molecule has 1 atom stereocenters. The highest BCUT2D eigenvalue weighted by Gasteiger charge is 2.22. The molecule has 144 valence electrons. The number of piperazine rings is 1. The molecule has 0 radical (unpaired) electrons. The molecule has 0 spiro atoms. The SMILES string of the molecule is CCC(C)NC(=O)CN1CCN(C(=O)CCc2cccc(Cl)c2Cl)CC1. The zero-order valence-corrected chi connectivity index (χ0v) is 16.9. The Morgan fingerprint density at radius 2 is 1.88 bits per heavy atom. The number of amides is 2. The van der Waals surface area contributed by atoms with Crippen LogP contribution in [0.4, 0.5) is 0 Å². The van der Waals surface area contributed by atoms with Crippen LogP contribution in [0, 0.1) is 0 Å². The molecular formula is C19H27Cl2N3O2. The molecule has 1 N–H and O–H groups in total. The zero-order chi connectivity index (χ0) is 19.1. The Balaban J connectivity index is 1.74. The molecule has 1 unspecified atom stereocenters. The number of nitrogens with one attached hydrogen (secondary N) is 1. The van der Waals surface area contributed by atoms with Crippen molar-refractivity contribution in [2.24, 2.45) is 0 Å². The third-order valence-corrected chi connectivity index (χ3v) is 5.61. The number of carbonyl (C=O) groups is 2. The molecule has 2 rings (SSSR count). The summed E-state index contributed by atoms with van der Waals surface area (Å²) in [6, 6.07) is 5.68. The number of nitrogens with zero attached hydrogens (tertiary/aromatic N) is 2. The zero-order valence-electron chi connectivity index (χ0n) is 15.4. The van der Waals surface area contributed by atoms with Crippen molar-refractivity contribution in [1.29, 1.82) is 0 Å². The fourth-order valence-corrected chi connectivity index (χ4v) is 3.34. The second-order valence-corrected chi connectivity index (χ2v) is 7.53. The van der Waals surface area contributed by atoms with E-state index in [1.165, 1.54) is 0 Å². The highest BCUT2D eigenvalue weighted by Crippen LogP contribution is 2.26. The summed E-state index contributed by atoms with van der Waals surface area (Å²) < 4.78 is 0. The number of aryl methyl sites for hydroxylation is 1. The molecule has 1 aliphatic heterocycles. The summed E-state index contributed by atoms with van der Waals surface area (Å²) in [5.41, 5.74) is 0.896. The summed E-state index contributed by atoms with van der Waals surface area (Å²) >= 11 is 12.2. The van der Waals surface area contributed by atoms with Gasteiger partial charge in [-0.15, -0.1) is 0 Å². The van der Waals surface area contributed by atoms with Gasteiger partial charge in [0.1, 0.15) is 0 Å². The maximum atomic E-state index is 12.4. The molecule has 0 bridgehead atoms. The Morgan fingerprint density at radius 1 is 1.19 bits per heavy atom. The minimum atomic E-state index is 0.0507. The van der Waals surface area contributed by atoms with Crippen molar-refractivity contribution in [3.8, 4) is 0 Å². The maximum absolute atomic E-state index is 12.4. The third-order valence-electron chi connectivity index (χ3n) is 4.75. The molecule has 1 aromatic carbocycles. The normalized spacial score (nSPS) is 16.4. The predicted molar refractivity (Wildman–Crippen MR) is 106 cm³/mol. The fourth-order valence-electron chi connectivity index (χ4n) is 2.92. The molecular weight excluding hydrogens is 373 g/mol. The van der Waals surface area contributed by atoms with Gasteiger partial charge in [-0.25, -0.2) is 0 Å². The molecule has 2 amide bonds. The van der Waals surface area contributed by atoms with E-state index in [0.29, 0.717) is 42.5 Å². The lowest BCUT2D eigenvalue weighted by Gasteiger charge is -2.34. The average Bonchev–Trinajstić information content (AvgIpc) is 2.63. The fraction of sp³-hybridized carbons (Fsp3) is 0.579. The van der Waals surface area contributed by atoms with Crippen molar-refractivity contribution >= 4 is 35.0 Å². The van der Waals surface area contributed by atoms with E-state index in [0.717, 1.165) is 25.1 Å². The molecule has 26 heavy (non-hydrogen) atoms. The topological polar surface area (TPSA) is 52.7 Å². The van der Waals surface area contributed by atoms with Gasteiger partial charge in [-0.1, -0.05) is 42.3 Å². The van der Waals surface area contributed by atoms with E-state index in [-0.39, 0.29) is 17.9 Å². The molecule has 1 fully saturated rings. The molecule has 1 aliphatic rings. The van der Waals surface area contributed by atoms with Crippen LogP contribution < -0.4 is 5.32 Å². The van der Waals surface area contributed by atoms with Gasteiger partial charge in [0.25, 0.3) is 0 Å². The number of carbonyl (C=O) groups excluding carboxylic acids is 2. The third kappa shape index (κ3) is 6.15. The van der Waals surface area contributed by atoms with Gasteiger partial charge in [0.05, 0.1) is 16.6 Å². The number of hydrogen-bond donors (Lipinski definition) is 1. The first-order valence-electron chi connectivity index (χ1n) is 9.13. The molecule has 5 nitrogen and oxygen atoms in total. The van der Waals surface area contributed by atoms with Gasteiger partial charge >= 0.3 is 0 Å². The van der Waals surface area contributed by atoms with E-state index >= 15 is 0 Å². The minimum absolute atomic E-state index is 0.0507. The molecule has 0 aromatic heterocycles. The summed E-state index contributed by atoms with van der Waals surface area (Å²) in [4.78, 5) is 28.3. The standard InChI is InChI=1S/C19H27Cl2N3O2/c1-3-14(2)22-17(25)13-23-9-11-24(12-10-23)18(26)8-7-15-5-4-6-16(20)19(15)21/h4-6,14H,3,7-13H2,1-2H3,(H,22,25). The van der Waals surface area contributed by atoms with Crippen LogP contribution in [0.25, 0.3) is 0 Å². The first-order chi connectivity index (χ1) is 12.4. The largest absolute Gasteiger partial charge is 0.353 e. The summed E-state index contributed by atoms with van der Waals surface area (Å²) in [5.74, 6) is 0.166. The lowest BCUT2D eigenvalue weighted by Crippen LogP contribution is -2.51. The monoisotopic (exact) mass is 399 g/mol. The van der Waals surface area contributed by atoms with Crippen LogP contribution in [-0.4, -0.2) is 60.4 Å². The van der Waals surface area contributed by atoms with E-state index in [1.807, 2.05) is 30.9 Å². The second-order valence-electron chi connectivity index (χ2n) is 6.75. The van der Waals surface area contributed by atoms with Crippen molar-refractivity contribution in [2.75, 3.05) is 32.7 Å². The summed E-state index contributed by atoms with van der Waals surface area (Å²) in [7, 11) is 0.